The van der Waals surface area contributed by atoms with Gasteiger partial charge in [0.05, 0.1) is 11.3 Å². The summed E-state index contributed by atoms with van der Waals surface area (Å²) in [4.78, 5) is 7.56. The van der Waals surface area contributed by atoms with Crippen LogP contribution in [0.25, 0.3) is 0 Å². The van der Waals surface area contributed by atoms with Crippen LogP contribution in [0, 0.1) is 13.8 Å². The summed E-state index contributed by atoms with van der Waals surface area (Å²) < 4.78 is 0. The Morgan fingerprint density at radius 3 is 2.50 bits per heavy atom. The van der Waals surface area contributed by atoms with E-state index in [-0.39, 0.29) is 0 Å². The fourth-order valence-corrected chi connectivity index (χ4v) is 2.36. The first-order chi connectivity index (χ1) is 7.30. The lowest BCUT2D eigenvalue weighted by Crippen LogP contribution is -2.43. The highest BCUT2D eigenvalue weighted by molar-refractivity contribution is 7.15. The topological polar surface area (TPSA) is 48.4 Å². The lowest BCUT2D eigenvalue weighted by Gasteiger charge is -2.26. The molecule has 5 heteroatoms. The summed E-state index contributed by atoms with van der Waals surface area (Å²) in [5.41, 5.74) is 0.316. The summed E-state index contributed by atoms with van der Waals surface area (Å²) in [6, 6.07) is 0. The Labute approximate surface area is 101 Å². The van der Waals surface area contributed by atoms with Crippen LogP contribution in [-0.4, -0.2) is 47.8 Å². The molecule has 0 aliphatic heterocycles. The fraction of sp³-hybridized carbons (Fsp3) is 0.727. The van der Waals surface area contributed by atoms with Gasteiger partial charge in [-0.05, 0) is 34.9 Å². The second-order valence-corrected chi connectivity index (χ2v) is 5.95. The van der Waals surface area contributed by atoms with Crippen LogP contribution in [0.2, 0.25) is 0 Å². The quantitative estimate of drug-likeness (QED) is 0.822. The van der Waals surface area contributed by atoms with Crippen molar-refractivity contribution in [1.29, 1.82) is 0 Å². The molecule has 0 bridgehead atoms. The number of likely N-dealkylation sites (N-methyl/N-ethyl adjacent to an activating group) is 1. The van der Waals surface area contributed by atoms with Crippen molar-refractivity contribution >= 4 is 16.5 Å². The van der Waals surface area contributed by atoms with E-state index in [0.29, 0.717) is 13.1 Å². The van der Waals surface area contributed by atoms with Crippen molar-refractivity contribution in [3.05, 3.63) is 10.6 Å². The highest BCUT2D eigenvalue weighted by Gasteiger charge is 2.21. The molecule has 0 radical (unpaired) electrons. The molecule has 92 valence electrons. The number of aliphatic hydroxyl groups is 1. The smallest absolute Gasteiger partial charge is 0.183 e. The summed E-state index contributed by atoms with van der Waals surface area (Å²) in [5.74, 6) is 0. The Hall–Kier alpha value is -0.650. The zero-order chi connectivity index (χ0) is 12.3. The summed E-state index contributed by atoms with van der Waals surface area (Å²) in [5, 5.41) is 14.2. The minimum atomic E-state index is -0.739. The Morgan fingerprint density at radius 1 is 1.44 bits per heavy atom. The molecule has 2 N–H and O–H groups in total. The van der Waals surface area contributed by atoms with E-state index in [9.17, 15) is 5.11 Å². The first-order valence-electron chi connectivity index (χ1n) is 5.35. The van der Waals surface area contributed by atoms with E-state index in [4.69, 9.17) is 0 Å². The minimum Gasteiger partial charge on any atom is -0.387 e. The molecule has 1 heterocycles. The van der Waals surface area contributed by atoms with Crippen molar-refractivity contribution in [3.8, 4) is 0 Å². The average molecular weight is 243 g/mol. The van der Waals surface area contributed by atoms with Crippen molar-refractivity contribution in [2.75, 3.05) is 32.5 Å². The lowest BCUT2D eigenvalue weighted by molar-refractivity contribution is 0.0460. The maximum absolute atomic E-state index is 10.1. The summed E-state index contributed by atoms with van der Waals surface area (Å²) in [6.07, 6.45) is 0. The predicted molar refractivity (Wildman–Crippen MR) is 69.3 cm³/mol. The molecule has 1 rings (SSSR count). The van der Waals surface area contributed by atoms with Gasteiger partial charge in [-0.2, -0.15) is 0 Å². The summed E-state index contributed by atoms with van der Waals surface area (Å²) in [7, 11) is 3.90. The number of aryl methyl sites for hydroxylation is 2. The van der Waals surface area contributed by atoms with Crippen LogP contribution in [0.3, 0.4) is 0 Å². The Bertz CT molecular complexity index is 327. The van der Waals surface area contributed by atoms with Crippen LogP contribution in [0.1, 0.15) is 17.5 Å². The second-order valence-electron chi connectivity index (χ2n) is 4.75. The zero-order valence-corrected chi connectivity index (χ0v) is 11.5. The van der Waals surface area contributed by atoms with Crippen molar-refractivity contribution in [2.24, 2.45) is 0 Å². The zero-order valence-electron chi connectivity index (χ0n) is 10.7. The molecule has 0 saturated carbocycles. The van der Waals surface area contributed by atoms with E-state index in [1.165, 1.54) is 4.88 Å². The highest BCUT2D eigenvalue weighted by atomic mass is 32.1. The maximum Gasteiger partial charge on any atom is 0.183 e. The van der Waals surface area contributed by atoms with E-state index < -0.39 is 5.60 Å². The van der Waals surface area contributed by atoms with Gasteiger partial charge in [0.2, 0.25) is 0 Å². The molecule has 1 aromatic heterocycles. The van der Waals surface area contributed by atoms with Gasteiger partial charge in [-0.25, -0.2) is 4.98 Å². The van der Waals surface area contributed by atoms with Gasteiger partial charge in [-0.15, -0.1) is 11.3 Å². The van der Waals surface area contributed by atoms with E-state index in [1.807, 2.05) is 32.8 Å². The Morgan fingerprint density at radius 2 is 2.06 bits per heavy atom. The molecule has 0 spiro atoms. The van der Waals surface area contributed by atoms with E-state index >= 15 is 0 Å². The second kappa shape index (κ2) is 5.12. The number of rotatable bonds is 5. The van der Waals surface area contributed by atoms with Crippen LogP contribution in [-0.2, 0) is 0 Å². The molecule has 0 amide bonds. The van der Waals surface area contributed by atoms with E-state index in [1.54, 1.807) is 11.3 Å². The third-order valence-corrected chi connectivity index (χ3v) is 3.34. The van der Waals surface area contributed by atoms with Crippen molar-refractivity contribution in [3.63, 3.8) is 0 Å². The van der Waals surface area contributed by atoms with Crippen LogP contribution in [0.4, 0.5) is 5.13 Å². The van der Waals surface area contributed by atoms with Crippen molar-refractivity contribution in [2.45, 2.75) is 26.4 Å². The van der Waals surface area contributed by atoms with Gasteiger partial charge >= 0.3 is 0 Å². The number of anilines is 1. The van der Waals surface area contributed by atoms with Crippen molar-refractivity contribution in [1.82, 2.24) is 9.88 Å². The highest BCUT2D eigenvalue weighted by Crippen LogP contribution is 2.21. The van der Waals surface area contributed by atoms with Crippen molar-refractivity contribution < 1.29 is 5.11 Å². The predicted octanol–water partition coefficient (Wildman–Crippen LogP) is 1.48. The Kier molecular flexibility index (Phi) is 4.29. The molecule has 4 nitrogen and oxygen atoms in total. The first kappa shape index (κ1) is 13.4. The van der Waals surface area contributed by atoms with Gasteiger partial charge in [0.15, 0.2) is 5.13 Å². The molecule has 0 aromatic carbocycles. The fourth-order valence-electron chi connectivity index (χ4n) is 1.55. The molecule has 1 atom stereocenters. The van der Waals surface area contributed by atoms with Crippen LogP contribution >= 0.6 is 11.3 Å². The minimum absolute atomic E-state index is 0.511. The molecule has 1 unspecified atom stereocenters. The number of nitrogens with zero attached hydrogens (tertiary/aromatic N) is 2. The molecular weight excluding hydrogens is 222 g/mol. The van der Waals surface area contributed by atoms with E-state index in [0.717, 1.165) is 10.8 Å². The SMILES string of the molecule is Cc1nc(NCC(C)(O)CN(C)C)sc1C. The maximum atomic E-state index is 10.1. The van der Waals surface area contributed by atoms with E-state index in [2.05, 4.69) is 17.2 Å². The average Bonchev–Trinajstić information content (AvgIpc) is 2.41. The monoisotopic (exact) mass is 243 g/mol. The molecule has 0 aliphatic carbocycles. The number of thiazole rings is 1. The van der Waals surface area contributed by atoms with Crippen LogP contribution in [0.15, 0.2) is 0 Å². The number of nitrogens with one attached hydrogen (secondary N) is 1. The summed E-state index contributed by atoms with van der Waals surface area (Å²) >= 11 is 1.63. The standard InChI is InChI=1S/C11H21N3OS/c1-8-9(2)16-10(13-8)12-6-11(3,15)7-14(4)5/h15H,6-7H2,1-5H3,(H,12,13). The largest absolute Gasteiger partial charge is 0.387 e. The normalized spacial score (nSPS) is 15.2. The van der Waals surface area contributed by atoms with Crippen LogP contribution < -0.4 is 5.32 Å². The first-order valence-corrected chi connectivity index (χ1v) is 6.17. The molecule has 0 saturated heterocycles. The van der Waals surface area contributed by atoms with Gasteiger partial charge in [-0.3, -0.25) is 0 Å². The third kappa shape index (κ3) is 4.08. The Balaban J connectivity index is 2.50. The molecule has 16 heavy (non-hydrogen) atoms. The van der Waals surface area contributed by atoms with Gasteiger partial charge in [0.25, 0.3) is 0 Å². The molecule has 1 aromatic rings. The molecular formula is C11H21N3OS. The lowest BCUT2D eigenvalue weighted by atomic mass is 10.1. The molecule has 0 aliphatic rings. The van der Waals surface area contributed by atoms with Gasteiger partial charge in [0, 0.05) is 18.0 Å². The number of hydrogen-bond donors (Lipinski definition) is 2. The van der Waals surface area contributed by atoms with Gasteiger partial charge in [0.1, 0.15) is 0 Å². The number of hydrogen-bond acceptors (Lipinski definition) is 5. The molecule has 0 fully saturated rings. The summed E-state index contributed by atoms with van der Waals surface area (Å²) in [6.45, 7) is 7.01. The van der Waals surface area contributed by atoms with Gasteiger partial charge < -0.3 is 15.3 Å². The van der Waals surface area contributed by atoms with Crippen LogP contribution in [0.5, 0.6) is 0 Å². The van der Waals surface area contributed by atoms with Gasteiger partial charge in [-0.1, -0.05) is 0 Å². The third-order valence-electron chi connectivity index (χ3n) is 2.31. The number of aromatic nitrogens is 1.